The van der Waals surface area contributed by atoms with E-state index in [0.717, 1.165) is 57.2 Å². The van der Waals surface area contributed by atoms with E-state index in [1.807, 2.05) is 14.0 Å². The lowest BCUT2D eigenvalue weighted by molar-refractivity contribution is 0.107. The third-order valence-corrected chi connectivity index (χ3v) is 5.84. The quantitative estimate of drug-likeness (QED) is 0.252. The van der Waals surface area contributed by atoms with Crippen LogP contribution in [0.15, 0.2) is 35.3 Å². The van der Waals surface area contributed by atoms with Crippen molar-refractivity contribution in [3.8, 4) is 0 Å². The Morgan fingerprint density at radius 3 is 2.57 bits per heavy atom. The molecular weight excluding hydrogens is 487 g/mol. The number of halogens is 1. The number of nitrogens with zero attached hydrogens (tertiary/aromatic N) is 4. The van der Waals surface area contributed by atoms with Crippen LogP contribution in [-0.2, 0) is 19.5 Å². The van der Waals surface area contributed by atoms with Gasteiger partial charge in [-0.2, -0.15) is 5.10 Å². The molecule has 1 aromatic heterocycles. The molecule has 1 aliphatic heterocycles. The molecule has 1 aliphatic rings. The van der Waals surface area contributed by atoms with Crippen molar-refractivity contribution in [3.05, 3.63) is 52.8 Å². The number of aryl methyl sites for hydroxylation is 3. The van der Waals surface area contributed by atoms with Crippen molar-refractivity contribution >= 4 is 29.9 Å². The fraction of sp³-hybridized carbons (Fsp3) is 0.565. The van der Waals surface area contributed by atoms with E-state index in [2.05, 4.69) is 81.4 Å². The van der Waals surface area contributed by atoms with Gasteiger partial charge in [-0.25, -0.2) is 0 Å². The first kappa shape index (κ1) is 24.7. The largest absolute Gasteiger partial charge is 0.356 e. The van der Waals surface area contributed by atoms with Gasteiger partial charge in [-0.15, -0.1) is 24.0 Å². The monoisotopic (exact) mass is 524 g/mol. The van der Waals surface area contributed by atoms with Crippen LogP contribution in [0.1, 0.15) is 42.8 Å². The molecule has 6 nitrogen and oxygen atoms in total. The molecule has 3 rings (SSSR count). The predicted octanol–water partition coefficient (Wildman–Crippen LogP) is 3.51. The smallest absolute Gasteiger partial charge is 0.191 e. The molecule has 0 radical (unpaired) electrons. The first-order chi connectivity index (χ1) is 13.9. The van der Waals surface area contributed by atoms with Crippen LogP contribution >= 0.6 is 24.0 Å². The number of hydrogen-bond donors (Lipinski definition) is 2. The van der Waals surface area contributed by atoms with Crippen LogP contribution in [0.3, 0.4) is 0 Å². The predicted molar refractivity (Wildman–Crippen MR) is 136 cm³/mol. The minimum Gasteiger partial charge on any atom is -0.356 e. The number of nitrogens with one attached hydrogen (secondary N) is 2. The van der Waals surface area contributed by atoms with Crippen molar-refractivity contribution in [2.75, 3.05) is 26.7 Å². The highest BCUT2D eigenvalue weighted by Gasteiger charge is 2.29. The molecule has 166 valence electrons. The Balaban J connectivity index is 0.00000320. The highest BCUT2D eigenvalue weighted by Crippen LogP contribution is 2.24. The lowest BCUT2D eigenvalue weighted by atomic mass is 9.94. The van der Waals surface area contributed by atoms with Gasteiger partial charge in [0.1, 0.15) is 0 Å². The van der Waals surface area contributed by atoms with Crippen LogP contribution in [0, 0.1) is 13.8 Å². The van der Waals surface area contributed by atoms with Crippen LogP contribution in [-0.4, -0.2) is 52.9 Å². The van der Waals surface area contributed by atoms with E-state index in [1.54, 1.807) is 0 Å². The first-order valence-corrected chi connectivity index (χ1v) is 10.7. The lowest BCUT2D eigenvalue weighted by Crippen LogP contribution is -2.54. The maximum Gasteiger partial charge on any atom is 0.191 e. The molecule has 2 heterocycles. The molecule has 7 heteroatoms. The number of aliphatic imine (C=N–C) groups is 1. The third kappa shape index (κ3) is 6.44. The summed E-state index contributed by atoms with van der Waals surface area (Å²) in [5.41, 5.74) is 5.30. The molecule has 2 N–H and O–H groups in total. The number of rotatable bonds is 7. The average molecular weight is 524 g/mol. The van der Waals surface area contributed by atoms with E-state index in [9.17, 15) is 0 Å². The Morgan fingerprint density at radius 2 is 1.90 bits per heavy atom. The van der Waals surface area contributed by atoms with E-state index in [0.29, 0.717) is 0 Å². The van der Waals surface area contributed by atoms with Gasteiger partial charge in [-0.05, 0) is 57.7 Å². The number of fused-ring (bicyclic) bond motifs is 1. The number of guanidine groups is 1. The van der Waals surface area contributed by atoms with Crippen LogP contribution < -0.4 is 10.6 Å². The molecular formula is C23H37IN6. The molecule has 0 saturated heterocycles. The van der Waals surface area contributed by atoms with Gasteiger partial charge in [-0.3, -0.25) is 14.6 Å². The van der Waals surface area contributed by atoms with Crippen molar-refractivity contribution in [2.45, 2.75) is 59.2 Å². The molecule has 0 unspecified atom stereocenters. The Labute approximate surface area is 198 Å². The van der Waals surface area contributed by atoms with Gasteiger partial charge < -0.3 is 10.6 Å². The highest BCUT2D eigenvalue weighted by atomic mass is 127. The molecule has 30 heavy (non-hydrogen) atoms. The summed E-state index contributed by atoms with van der Waals surface area (Å²) < 4.78 is 2.07. The topological polar surface area (TPSA) is 57.5 Å². The second kappa shape index (κ2) is 11.1. The maximum atomic E-state index is 4.52. The van der Waals surface area contributed by atoms with E-state index in [1.165, 1.54) is 16.8 Å². The molecule has 0 amide bonds. The Kier molecular flexibility index (Phi) is 9.15. The minimum atomic E-state index is 0. The highest BCUT2D eigenvalue weighted by molar-refractivity contribution is 14.0. The van der Waals surface area contributed by atoms with E-state index in [4.69, 9.17) is 0 Å². The van der Waals surface area contributed by atoms with Gasteiger partial charge >= 0.3 is 0 Å². The zero-order valence-electron chi connectivity index (χ0n) is 19.0. The molecule has 1 aromatic carbocycles. The van der Waals surface area contributed by atoms with E-state index in [-0.39, 0.29) is 29.5 Å². The summed E-state index contributed by atoms with van der Waals surface area (Å²) in [5.74, 6) is 0.865. The Hall–Kier alpha value is -1.61. The van der Waals surface area contributed by atoms with Gasteiger partial charge in [0.25, 0.3) is 0 Å². The molecule has 0 atom stereocenters. The van der Waals surface area contributed by atoms with Crippen molar-refractivity contribution in [1.82, 2.24) is 25.3 Å². The minimum absolute atomic E-state index is 0. The number of benzene rings is 1. The summed E-state index contributed by atoms with van der Waals surface area (Å²) in [6.45, 7) is 13.5. The summed E-state index contributed by atoms with van der Waals surface area (Å²) in [4.78, 5) is 6.96. The Bertz CT molecular complexity index is 842. The SMILES string of the molecule is CN=C(NCCCn1nc(C)cc1C)NCC(C)(C)N1CCc2ccccc2C1.I. The summed E-state index contributed by atoms with van der Waals surface area (Å²) in [5, 5.41) is 11.5. The van der Waals surface area contributed by atoms with Crippen LogP contribution in [0.25, 0.3) is 0 Å². The molecule has 0 saturated carbocycles. The van der Waals surface area contributed by atoms with Crippen LogP contribution in [0.5, 0.6) is 0 Å². The van der Waals surface area contributed by atoms with Gasteiger partial charge in [0.15, 0.2) is 5.96 Å². The first-order valence-electron chi connectivity index (χ1n) is 10.7. The summed E-state index contributed by atoms with van der Waals surface area (Å²) in [6, 6.07) is 10.9. The second-order valence-corrected chi connectivity index (χ2v) is 8.61. The lowest BCUT2D eigenvalue weighted by Gasteiger charge is -2.42. The normalized spacial score (nSPS) is 14.8. The zero-order valence-corrected chi connectivity index (χ0v) is 21.4. The standard InChI is InChI=1S/C23H36N6.HI/c1-18-15-19(2)29(27-18)13-8-12-25-22(24-5)26-17-23(3,4)28-14-11-20-9-6-7-10-21(20)16-28;/h6-7,9-10,15H,8,11-14,16-17H2,1-5H3,(H2,24,25,26);1H. The Morgan fingerprint density at radius 1 is 1.17 bits per heavy atom. The summed E-state index contributed by atoms with van der Waals surface area (Å²) in [7, 11) is 1.83. The molecule has 0 aliphatic carbocycles. The summed E-state index contributed by atoms with van der Waals surface area (Å²) >= 11 is 0. The van der Waals surface area contributed by atoms with Crippen molar-refractivity contribution in [3.63, 3.8) is 0 Å². The fourth-order valence-corrected chi connectivity index (χ4v) is 3.98. The maximum absolute atomic E-state index is 4.52. The third-order valence-electron chi connectivity index (χ3n) is 5.84. The number of hydrogen-bond acceptors (Lipinski definition) is 3. The van der Waals surface area contributed by atoms with E-state index >= 15 is 0 Å². The summed E-state index contributed by atoms with van der Waals surface area (Å²) in [6.07, 6.45) is 2.13. The van der Waals surface area contributed by atoms with Crippen molar-refractivity contribution in [2.24, 2.45) is 4.99 Å². The van der Waals surface area contributed by atoms with Gasteiger partial charge in [-0.1, -0.05) is 24.3 Å². The van der Waals surface area contributed by atoms with Crippen molar-refractivity contribution < 1.29 is 0 Å². The van der Waals surface area contributed by atoms with Gasteiger partial charge in [0.05, 0.1) is 5.69 Å². The molecule has 0 bridgehead atoms. The van der Waals surface area contributed by atoms with Gasteiger partial charge in [0.2, 0.25) is 0 Å². The van der Waals surface area contributed by atoms with Crippen molar-refractivity contribution in [1.29, 1.82) is 0 Å². The zero-order chi connectivity index (χ0) is 20.9. The van der Waals surface area contributed by atoms with Gasteiger partial charge in [0, 0.05) is 51.0 Å². The molecule has 0 spiro atoms. The second-order valence-electron chi connectivity index (χ2n) is 8.61. The van der Waals surface area contributed by atoms with Crippen LogP contribution in [0.2, 0.25) is 0 Å². The van der Waals surface area contributed by atoms with E-state index < -0.39 is 0 Å². The molecule has 2 aromatic rings. The molecule has 0 fully saturated rings. The number of aromatic nitrogens is 2. The average Bonchev–Trinajstić information content (AvgIpc) is 3.04. The fourth-order valence-electron chi connectivity index (χ4n) is 3.98. The van der Waals surface area contributed by atoms with Crippen LogP contribution in [0.4, 0.5) is 0 Å².